The number of rotatable bonds is 4. The molecule has 2 atom stereocenters. The van der Waals surface area contributed by atoms with E-state index in [1.807, 2.05) is 47.4 Å². The molecule has 5 nitrogen and oxygen atoms in total. The van der Waals surface area contributed by atoms with Crippen molar-refractivity contribution in [1.82, 2.24) is 9.88 Å². The number of thiazole rings is 1. The molecule has 2 aromatic carbocycles. The van der Waals surface area contributed by atoms with Crippen LogP contribution in [0.25, 0.3) is 10.2 Å². The van der Waals surface area contributed by atoms with Gasteiger partial charge in [0.25, 0.3) is 0 Å². The van der Waals surface area contributed by atoms with Crippen molar-refractivity contribution in [1.29, 1.82) is 0 Å². The second-order valence-electron chi connectivity index (χ2n) is 8.59. The van der Waals surface area contributed by atoms with Crippen LogP contribution in [0.5, 0.6) is 0 Å². The number of amides is 1. The summed E-state index contributed by atoms with van der Waals surface area (Å²) in [5.74, 6) is 0.449. The number of ketones is 1. The van der Waals surface area contributed by atoms with Gasteiger partial charge < -0.3 is 9.80 Å². The predicted molar refractivity (Wildman–Crippen MR) is 129 cm³/mol. The number of fused-ring (bicyclic) bond motifs is 1. The summed E-state index contributed by atoms with van der Waals surface area (Å²) in [7, 11) is 0. The molecule has 0 N–H and O–H groups in total. The monoisotopic (exact) mass is 445 g/mol. The number of para-hydroxylation sites is 1. The first-order chi connectivity index (χ1) is 15.6. The Labute approximate surface area is 192 Å². The Balaban J connectivity index is 1.27. The van der Waals surface area contributed by atoms with Crippen LogP contribution in [0.15, 0.2) is 60.7 Å². The molecule has 0 spiro atoms. The molecule has 1 fully saturated rings. The van der Waals surface area contributed by atoms with E-state index in [1.54, 1.807) is 18.3 Å². The van der Waals surface area contributed by atoms with Crippen molar-refractivity contribution in [3.05, 3.63) is 71.3 Å². The van der Waals surface area contributed by atoms with Crippen LogP contribution in [0.2, 0.25) is 0 Å². The zero-order chi connectivity index (χ0) is 22.1. The van der Waals surface area contributed by atoms with Crippen molar-refractivity contribution in [3.8, 4) is 0 Å². The number of benzene rings is 2. The minimum absolute atomic E-state index is 0.0398. The lowest BCUT2D eigenvalue weighted by Gasteiger charge is -2.39. The van der Waals surface area contributed by atoms with Crippen molar-refractivity contribution in [2.75, 3.05) is 31.1 Å². The third-order valence-electron chi connectivity index (χ3n) is 6.61. The van der Waals surface area contributed by atoms with Crippen molar-refractivity contribution in [2.24, 2.45) is 5.92 Å². The summed E-state index contributed by atoms with van der Waals surface area (Å²) in [5.41, 5.74) is 2.86. The highest BCUT2D eigenvalue weighted by Gasteiger charge is 2.35. The van der Waals surface area contributed by atoms with Gasteiger partial charge in [-0.05, 0) is 56.2 Å². The number of anilines is 1. The van der Waals surface area contributed by atoms with Gasteiger partial charge in [0.05, 0.1) is 21.1 Å². The summed E-state index contributed by atoms with van der Waals surface area (Å²) in [6, 6.07) is 16.0. The summed E-state index contributed by atoms with van der Waals surface area (Å²) < 4.78 is 1.19. The summed E-state index contributed by atoms with van der Waals surface area (Å²) in [4.78, 5) is 34.2. The first-order valence-corrected chi connectivity index (χ1v) is 12.1. The smallest absolute Gasteiger partial charge is 0.226 e. The third-order valence-corrected chi connectivity index (χ3v) is 7.78. The molecule has 0 radical (unpaired) electrons. The van der Waals surface area contributed by atoms with Gasteiger partial charge in [0.1, 0.15) is 0 Å². The van der Waals surface area contributed by atoms with Crippen LogP contribution in [-0.4, -0.2) is 47.8 Å². The Hall–Kier alpha value is -2.99. The number of piperazine rings is 1. The van der Waals surface area contributed by atoms with Gasteiger partial charge in [-0.1, -0.05) is 24.3 Å². The molecule has 0 saturated carbocycles. The number of aromatic nitrogens is 1. The van der Waals surface area contributed by atoms with Gasteiger partial charge in [0.15, 0.2) is 5.78 Å². The lowest BCUT2D eigenvalue weighted by atomic mass is 9.82. The molecular formula is C26H27N3O2S. The average Bonchev–Trinajstić information content (AvgIpc) is 3.28. The number of Topliss-reactive ketones (excluding diaryl/α,β-unsaturated/α-hetero) is 1. The van der Waals surface area contributed by atoms with Gasteiger partial charge in [-0.2, -0.15) is 0 Å². The van der Waals surface area contributed by atoms with Gasteiger partial charge in [0, 0.05) is 43.3 Å². The second-order valence-corrected chi connectivity index (χ2v) is 9.65. The number of allylic oxidation sites excluding steroid dienone is 2. The third kappa shape index (κ3) is 4.07. The van der Waals surface area contributed by atoms with E-state index in [0.29, 0.717) is 0 Å². The Kier molecular flexibility index (Phi) is 5.79. The summed E-state index contributed by atoms with van der Waals surface area (Å²) in [6.07, 6.45) is 6.01. The molecule has 32 heavy (non-hydrogen) atoms. The maximum absolute atomic E-state index is 13.5. The lowest BCUT2D eigenvalue weighted by molar-refractivity contribution is -0.136. The minimum atomic E-state index is -0.0398. The molecule has 0 bridgehead atoms. The number of carbonyl (C=O) groups is 2. The molecule has 1 aliphatic carbocycles. The summed E-state index contributed by atoms with van der Waals surface area (Å²) >= 11 is 1.72. The minimum Gasteiger partial charge on any atom is -0.368 e. The number of carbonyl (C=O) groups excluding carboxylic acids is 2. The molecule has 1 aliphatic heterocycles. The van der Waals surface area contributed by atoms with Crippen LogP contribution in [0.3, 0.4) is 0 Å². The number of nitrogens with zero attached hydrogens (tertiary/aromatic N) is 3. The fourth-order valence-electron chi connectivity index (χ4n) is 4.74. The Bertz CT molecular complexity index is 1130. The Morgan fingerprint density at radius 3 is 2.38 bits per heavy atom. The van der Waals surface area contributed by atoms with E-state index in [2.05, 4.69) is 23.1 Å². The quantitative estimate of drug-likeness (QED) is 0.424. The van der Waals surface area contributed by atoms with Crippen LogP contribution in [-0.2, 0) is 4.79 Å². The van der Waals surface area contributed by atoms with Crippen molar-refractivity contribution in [3.63, 3.8) is 0 Å². The zero-order valence-corrected chi connectivity index (χ0v) is 19.1. The van der Waals surface area contributed by atoms with E-state index in [0.717, 1.165) is 60.8 Å². The van der Waals surface area contributed by atoms with Gasteiger partial charge in [-0.3, -0.25) is 9.59 Å². The molecule has 3 aromatic rings. The summed E-state index contributed by atoms with van der Waals surface area (Å²) in [6.45, 7) is 4.64. The fraction of sp³-hybridized carbons (Fsp3) is 0.346. The summed E-state index contributed by atoms with van der Waals surface area (Å²) in [5, 5.41) is 1.08. The molecule has 6 heteroatoms. The van der Waals surface area contributed by atoms with Crippen LogP contribution in [0.4, 0.5) is 5.69 Å². The molecular weight excluding hydrogens is 418 g/mol. The molecule has 1 amide bonds. The van der Waals surface area contributed by atoms with Crippen molar-refractivity contribution in [2.45, 2.75) is 25.7 Å². The molecule has 1 saturated heterocycles. The van der Waals surface area contributed by atoms with Crippen LogP contribution >= 0.6 is 11.3 Å². The fourth-order valence-corrected chi connectivity index (χ4v) is 5.88. The van der Waals surface area contributed by atoms with Gasteiger partial charge >= 0.3 is 0 Å². The van der Waals surface area contributed by atoms with E-state index < -0.39 is 0 Å². The lowest BCUT2D eigenvalue weighted by Crippen LogP contribution is -2.51. The van der Waals surface area contributed by atoms with Crippen LogP contribution in [0.1, 0.15) is 41.0 Å². The predicted octanol–water partition coefficient (Wildman–Crippen LogP) is 4.90. The zero-order valence-electron chi connectivity index (χ0n) is 18.2. The van der Waals surface area contributed by atoms with Gasteiger partial charge in [0.2, 0.25) is 5.91 Å². The highest BCUT2D eigenvalue weighted by Crippen LogP contribution is 2.39. The number of hydrogen-bond acceptors (Lipinski definition) is 5. The highest BCUT2D eigenvalue weighted by atomic mass is 32.1. The molecule has 5 rings (SSSR count). The average molecular weight is 446 g/mol. The van der Waals surface area contributed by atoms with E-state index in [1.165, 1.54) is 4.70 Å². The molecule has 1 aromatic heterocycles. The van der Waals surface area contributed by atoms with Crippen molar-refractivity contribution < 1.29 is 9.59 Å². The van der Waals surface area contributed by atoms with Crippen LogP contribution in [0, 0.1) is 5.92 Å². The van der Waals surface area contributed by atoms with E-state index in [-0.39, 0.29) is 23.5 Å². The number of hydrogen-bond donors (Lipinski definition) is 0. The Morgan fingerprint density at radius 2 is 1.66 bits per heavy atom. The Morgan fingerprint density at radius 1 is 0.938 bits per heavy atom. The van der Waals surface area contributed by atoms with E-state index in [4.69, 9.17) is 4.98 Å². The van der Waals surface area contributed by atoms with E-state index in [9.17, 15) is 9.59 Å². The molecule has 2 aliphatic rings. The molecule has 2 heterocycles. The normalized spacial score (nSPS) is 21.2. The molecule has 2 unspecified atom stereocenters. The van der Waals surface area contributed by atoms with E-state index >= 15 is 0 Å². The highest BCUT2D eigenvalue weighted by molar-refractivity contribution is 7.18. The first kappa shape index (κ1) is 20.9. The largest absolute Gasteiger partial charge is 0.368 e. The maximum Gasteiger partial charge on any atom is 0.226 e. The van der Waals surface area contributed by atoms with Crippen LogP contribution < -0.4 is 4.90 Å². The topological polar surface area (TPSA) is 53.5 Å². The second kappa shape index (κ2) is 8.87. The molecule has 164 valence electrons. The van der Waals surface area contributed by atoms with Gasteiger partial charge in [-0.25, -0.2) is 4.98 Å². The SMILES string of the molecule is CC(=O)c1ccc(N2CCN(C(=O)C3CC=CCC3c3nc4ccccc4s3)CC2)cc1. The van der Waals surface area contributed by atoms with Crippen molar-refractivity contribution >= 4 is 38.9 Å². The van der Waals surface area contributed by atoms with Gasteiger partial charge in [-0.15, -0.1) is 11.3 Å². The maximum atomic E-state index is 13.5. The first-order valence-electron chi connectivity index (χ1n) is 11.3. The standard InChI is InChI=1S/C26H27N3O2S/c1-18(30)19-10-12-20(13-11-19)28-14-16-29(17-15-28)26(31)22-7-3-2-6-21(22)25-27-23-8-4-5-9-24(23)32-25/h2-5,8-13,21-22H,6-7,14-17H2,1H3.